The third kappa shape index (κ3) is 6.18. The average Bonchev–Trinajstić information content (AvgIpc) is 2.78. The highest BCUT2D eigenvalue weighted by molar-refractivity contribution is 6.11. The Morgan fingerprint density at radius 1 is 1.15 bits per heavy atom. The van der Waals surface area contributed by atoms with Gasteiger partial charge >= 0.3 is 6.03 Å². The van der Waals surface area contributed by atoms with Crippen molar-refractivity contribution in [2.24, 2.45) is 16.1 Å². The molecule has 1 aromatic rings. The lowest BCUT2D eigenvalue weighted by Crippen LogP contribution is -2.58. The first-order valence-electron chi connectivity index (χ1n) is 11.3. The molecule has 1 unspecified atom stereocenters. The van der Waals surface area contributed by atoms with Crippen molar-refractivity contribution in [2.75, 3.05) is 46.4 Å². The SMILES string of the molecule is CN1CCN(C(=O)C(NC(=O)N=C2CCOCC2=C(N)c2ccc(F)c(F)c2)C(C)(C)C)CC1. The largest absolute Gasteiger partial charge is 0.398 e. The van der Waals surface area contributed by atoms with Crippen molar-refractivity contribution in [1.29, 1.82) is 0 Å². The summed E-state index contributed by atoms with van der Waals surface area (Å²) in [5, 5.41) is 2.78. The summed E-state index contributed by atoms with van der Waals surface area (Å²) in [5.41, 5.74) is 6.94. The average molecular weight is 478 g/mol. The van der Waals surface area contributed by atoms with Crippen LogP contribution in [-0.4, -0.2) is 79.9 Å². The van der Waals surface area contributed by atoms with Crippen LogP contribution in [0.4, 0.5) is 13.6 Å². The van der Waals surface area contributed by atoms with Crippen LogP contribution in [0.1, 0.15) is 32.8 Å². The Bertz CT molecular complexity index is 995. The van der Waals surface area contributed by atoms with Crippen molar-refractivity contribution in [3.05, 3.63) is 41.0 Å². The molecule has 2 heterocycles. The van der Waals surface area contributed by atoms with Crippen LogP contribution in [-0.2, 0) is 9.53 Å². The molecule has 0 aliphatic carbocycles. The normalized spacial score (nSPS) is 21.4. The smallest absolute Gasteiger partial charge is 0.341 e. The van der Waals surface area contributed by atoms with Gasteiger partial charge in [0, 0.05) is 49.4 Å². The third-order valence-corrected chi connectivity index (χ3v) is 6.07. The van der Waals surface area contributed by atoms with Crippen LogP contribution >= 0.6 is 0 Å². The molecule has 1 aromatic carbocycles. The number of nitrogens with two attached hydrogens (primary N) is 1. The van der Waals surface area contributed by atoms with Gasteiger partial charge in [0.1, 0.15) is 6.04 Å². The number of urea groups is 1. The number of piperazine rings is 1. The zero-order valence-electron chi connectivity index (χ0n) is 20.2. The molecule has 8 nitrogen and oxygen atoms in total. The second kappa shape index (κ2) is 10.6. The van der Waals surface area contributed by atoms with Crippen molar-refractivity contribution < 1.29 is 23.1 Å². The fourth-order valence-electron chi connectivity index (χ4n) is 3.91. The summed E-state index contributed by atoms with van der Waals surface area (Å²) >= 11 is 0. The monoisotopic (exact) mass is 477 g/mol. The van der Waals surface area contributed by atoms with E-state index in [-0.39, 0.29) is 23.8 Å². The molecule has 2 saturated heterocycles. The maximum atomic E-state index is 13.7. The molecular weight excluding hydrogens is 444 g/mol. The van der Waals surface area contributed by atoms with Gasteiger partial charge in [-0.1, -0.05) is 20.8 Å². The number of amides is 3. The minimum absolute atomic E-state index is 0.0832. The number of aliphatic imine (C=N–C) groups is 1. The minimum Gasteiger partial charge on any atom is -0.398 e. The molecule has 2 aliphatic rings. The number of rotatable bonds is 3. The van der Waals surface area contributed by atoms with E-state index in [0.717, 1.165) is 25.2 Å². The van der Waals surface area contributed by atoms with E-state index in [9.17, 15) is 18.4 Å². The summed E-state index contributed by atoms with van der Waals surface area (Å²) in [5.74, 6) is -2.14. The van der Waals surface area contributed by atoms with Crippen molar-refractivity contribution in [2.45, 2.75) is 33.2 Å². The van der Waals surface area contributed by atoms with Crippen molar-refractivity contribution in [3.63, 3.8) is 0 Å². The zero-order valence-corrected chi connectivity index (χ0v) is 20.2. The molecule has 0 saturated carbocycles. The van der Waals surface area contributed by atoms with Crippen LogP contribution in [0.2, 0.25) is 0 Å². The second-order valence-electron chi connectivity index (χ2n) is 9.76. The quantitative estimate of drug-likeness (QED) is 0.697. The highest BCUT2D eigenvalue weighted by Crippen LogP contribution is 2.24. The zero-order chi connectivity index (χ0) is 25.0. The van der Waals surface area contributed by atoms with Gasteiger partial charge in [0.05, 0.1) is 18.9 Å². The van der Waals surface area contributed by atoms with Gasteiger partial charge in [-0.2, -0.15) is 4.99 Å². The summed E-state index contributed by atoms with van der Waals surface area (Å²) in [6, 6.07) is 1.92. The van der Waals surface area contributed by atoms with Crippen molar-refractivity contribution >= 4 is 23.3 Å². The Hall–Kier alpha value is -2.85. The molecule has 3 rings (SSSR count). The summed E-state index contributed by atoms with van der Waals surface area (Å²) in [6.07, 6.45) is 0.319. The van der Waals surface area contributed by atoms with Gasteiger partial charge in [-0.25, -0.2) is 13.6 Å². The minimum atomic E-state index is -1.02. The van der Waals surface area contributed by atoms with E-state index in [1.165, 1.54) is 6.07 Å². The molecule has 2 aliphatic heterocycles. The van der Waals surface area contributed by atoms with Crippen LogP contribution in [0.25, 0.3) is 5.70 Å². The van der Waals surface area contributed by atoms with E-state index in [4.69, 9.17) is 10.5 Å². The van der Waals surface area contributed by atoms with E-state index in [1.807, 2.05) is 27.8 Å². The second-order valence-corrected chi connectivity index (χ2v) is 9.76. The van der Waals surface area contributed by atoms with Crippen molar-refractivity contribution in [1.82, 2.24) is 15.1 Å². The van der Waals surface area contributed by atoms with E-state index in [0.29, 0.717) is 37.4 Å². The lowest BCUT2D eigenvalue weighted by atomic mass is 9.85. The summed E-state index contributed by atoms with van der Waals surface area (Å²) < 4.78 is 32.5. The first kappa shape index (κ1) is 25.8. The molecule has 0 bridgehead atoms. The number of carbonyl (C=O) groups is 2. The molecule has 1 atom stereocenters. The molecule has 0 spiro atoms. The number of halogens is 2. The number of ether oxygens (including phenoxy) is 1. The van der Waals surface area contributed by atoms with Crippen LogP contribution in [0.15, 0.2) is 28.8 Å². The predicted octanol–water partition coefficient (Wildman–Crippen LogP) is 2.39. The number of hydrogen-bond acceptors (Lipinski definition) is 5. The van der Waals surface area contributed by atoms with E-state index >= 15 is 0 Å². The van der Waals surface area contributed by atoms with Crippen LogP contribution in [0, 0.1) is 17.0 Å². The number of likely N-dealkylation sites (N-methyl/N-ethyl adjacent to an activating group) is 1. The van der Waals surface area contributed by atoms with Gasteiger partial charge in [0.25, 0.3) is 0 Å². The van der Waals surface area contributed by atoms with E-state index in [2.05, 4.69) is 15.2 Å². The Balaban J connectivity index is 1.83. The summed E-state index contributed by atoms with van der Waals surface area (Å²) in [4.78, 5) is 34.3. The lowest BCUT2D eigenvalue weighted by molar-refractivity contribution is -0.137. The van der Waals surface area contributed by atoms with Crippen molar-refractivity contribution in [3.8, 4) is 0 Å². The standard InChI is InChI=1S/C24H33F2N5O3/c1-24(2,3)21(22(32)31-10-8-30(4)9-11-31)29-23(33)28-19-7-12-34-14-16(19)20(27)15-5-6-17(25)18(26)13-15/h5-6,13,21H,7-12,14,27H2,1-4H3,(H,29,33). The first-order valence-corrected chi connectivity index (χ1v) is 11.3. The lowest BCUT2D eigenvalue weighted by Gasteiger charge is -2.38. The highest BCUT2D eigenvalue weighted by atomic mass is 19.2. The third-order valence-electron chi connectivity index (χ3n) is 6.07. The van der Waals surface area contributed by atoms with Gasteiger partial charge in [-0.05, 0) is 30.7 Å². The number of nitrogens with one attached hydrogen (secondary N) is 1. The highest BCUT2D eigenvalue weighted by Gasteiger charge is 2.36. The van der Waals surface area contributed by atoms with Crippen LogP contribution in [0.5, 0.6) is 0 Å². The molecule has 2 fully saturated rings. The molecule has 3 N–H and O–H groups in total. The Kier molecular flexibility index (Phi) is 8.04. The summed E-state index contributed by atoms with van der Waals surface area (Å²) in [6.45, 7) is 8.83. The molecule has 0 aromatic heterocycles. The van der Waals surface area contributed by atoms with Gasteiger partial charge in [-0.15, -0.1) is 0 Å². The maximum Gasteiger partial charge on any atom is 0.341 e. The number of benzene rings is 1. The Morgan fingerprint density at radius 2 is 1.82 bits per heavy atom. The fraction of sp³-hybridized carbons (Fsp3) is 0.542. The maximum absolute atomic E-state index is 13.7. The molecule has 0 radical (unpaired) electrons. The molecule has 10 heteroatoms. The summed E-state index contributed by atoms with van der Waals surface area (Å²) in [7, 11) is 2.01. The van der Waals surface area contributed by atoms with Gasteiger partial charge in [-0.3, -0.25) is 4.79 Å². The van der Waals surface area contributed by atoms with Crippen LogP contribution < -0.4 is 11.1 Å². The van der Waals surface area contributed by atoms with E-state index < -0.39 is 29.1 Å². The number of carbonyl (C=O) groups excluding carboxylic acids is 2. The molecule has 34 heavy (non-hydrogen) atoms. The van der Waals surface area contributed by atoms with Gasteiger partial charge < -0.3 is 25.6 Å². The van der Waals surface area contributed by atoms with Gasteiger partial charge in [0.2, 0.25) is 5.91 Å². The number of hydrogen-bond donors (Lipinski definition) is 2. The van der Waals surface area contributed by atoms with Gasteiger partial charge in [0.15, 0.2) is 11.6 Å². The Labute approximate surface area is 198 Å². The molecule has 3 amide bonds. The molecule has 186 valence electrons. The Morgan fingerprint density at radius 3 is 2.44 bits per heavy atom. The fourth-order valence-corrected chi connectivity index (χ4v) is 3.91. The topological polar surface area (TPSA) is 100 Å². The first-order chi connectivity index (χ1) is 16.0. The molecular formula is C24H33F2N5O3. The van der Waals surface area contributed by atoms with Crippen LogP contribution in [0.3, 0.4) is 0 Å². The van der Waals surface area contributed by atoms with E-state index in [1.54, 1.807) is 4.90 Å². The number of nitrogens with zero attached hydrogens (tertiary/aromatic N) is 3. The predicted molar refractivity (Wildman–Crippen MR) is 126 cm³/mol.